The second-order valence-corrected chi connectivity index (χ2v) is 6.72. The van der Waals surface area contributed by atoms with Gasteiger partial charge in [-0.05, 0) is 31.7 Å². The van der Waals surface area contributed by atoms with Crippen LogP contribution in [-0.2, 0) is 4.79 Å². The number of anilines is 1. The van der Waals surface area contributed by atoms with E-state index < -0.39 is 0 Å². The molecule has 23 heavy (non-hydrogen) atoms. The van der Waals surface area contributed by atoms with E-state index in [1.807, 2.05) is 6.07 Å². The van der Waals surface area contributed by atoms with E-state index in [1.165, 1.54) is 0 Å². The van der Waals surface area contributed by atoms with E-state index in [9.17, 15) is 4.79 Å². The van der Waals surface area contributed by atoms with Crippen LogP contribution in [-0.4, -0.2) is 71.0 Å². The first-order chi connectivity index (χ1) is 11.1. The number of nitrogens with zero attached hydrogens (tertiary/aromatic N) is 5. The molecule has 2 saturated heterocycles. The fourth-order valence-corrected chi connectivity index (χ4v) is 3.91. The minimum atomic E-state index is 0.228. The van der Waals surface area contributed by atoms with Crippen LogP contribution in [0, 0.1) is 0 Å². The fraction of sp³-hybridized carbons (Fsp3) is 0.706. The highest BCUT2D eigenvalue weighted by molar-refractivity contribution is 5.73. The van der Waals surface area contributed by atoms with E-state index in [1.54, 1.807) is 19.4 Å². The molecule has 1 unspecified atom stereocenters. The van der Waals surface area contributed by atoms with E-state index in [-0.39, 0.29) is 5.91 Å². The third kappa shape index (κ3) is 3.80. The van der Waals surface area contributed by atoms with Gasteiger partial charge in [0.15, 0.2) is 0 Å². The molecule has 2 aliphatic heterocycles. The molecule has 3 rings (SSSR count). The molecule has 0 bridgehead atoms. The third-order valence-electron chi connectivity index (χ3n) is 5.28. The molecular formula is C17H27N5O. The molecule has 0 aliphatic carbocycles. The van der Waals surface area contributed by atoms with Crippen LogP contribution in [0.1, 0.15) is 32.6 Å². The van der Waals surface area contributed by atoms with E-state index in [4.69, 9.17) is 0 Å². The Balaban J connectivity index is 1.50. The lowest BCUT2D eigenvalue weighted by molar-refractivity contribution is -0.130. The van der Waals surface area contributed by atoms with Crippen molar-refractivity contribution < 1.29 is 4.79 Å². The lowest BCUT2D eigenvalue weighted by Crippen LogP contribution is -2.48. The summed E-state index contributed by atoms with van der Waals surface area (Å²) >= 11 is 0. The van der Waals surface area contributed by atoms with Gasteiger partial charge >= 0.3 is 0 Å². The van der Waals surface area contributed by atoms with Crippen LogP contribution in [0.3, 0.4) is 0 Å². The molecule has 0 radical (unpaired) electrons. The zero-order valence-electron chi connectivity index (χ0n) is 14.2. The molecule has 1 atom stereocenters. The standard InChI is InChI=1S/C17H27N5O/c1-14(23)22-9-3-4-16(22)12-21-10-6-15(7-11-21)20(2)17-5-8-18-13-19-17/h5,8,13,15-16H,3-4,6-7,9-12H2,1-2H3. The highest BCUT2D eigenvalue weighted by atomic mass is 16.2. The first-order valence-electron chi connectivity index (χ1n) is 8.63. The van der Waals surface area contributed by atoms with Crippen molar-refractivity contribution in [2.75, 3.05) is 38.1 Å². The van der Waals surface area contributed by atoms with Crippen molar-refractivity contribution in [3.63, 3.8) is 0 Å². The Hall–Kier alpha value is -1.69. The van der Waals surface area contributed by atoms with Crippen molar-refractivity contribution in [3.05, 3.63) is 18.6 Å². The number of amides is 1. The fourth-order valence-electron chi connectivity index (χ4n) is 3.91. The molecule has 3 heterocycles. The van der Waals surface area contributed by atoms with Gasteiger partial charge in [-0.2, -0.15) is 0 Å². The van der Waals surface area contributed by atoms with Gasteiger partial charge in [0.1, 0.15) is 12.1 Å². The molecule has 1 amide bonds. The van der Waals surface area contributed by atoms with Gasteiger partial charge in [-0.1, -0.05) is 0 Å². The molecule has 0 spiro atoms. The molecule has 2 aliphatic rings. The molecule has 0 saturated carbocycles. The second-order valence-electron chi connectivity index (χ2n) is 6.72. The van der Waals surface area contributed by atoms with Crippen LogP contribution in [0.2, 0.25) is 0 Å². The summed E-state index contributed by atoms with van der Waals surface area (Å²) in [4.78, 5) is 26.9. The van der Waals surface area contributed by atoms with Crippen molar-refractivity contribution >= 4 is 11.7 Å². The Morgan fingerprint density at radius 3 is 2.74 bits per heavy atom. The Bertz CT molecular complexity index is 515. The number of hydrogen-bond donors (Lipinski definition) is 0. The maximum Gasteiger partial charge on any atom is 0.219 e. The molecule has 1 aromatic heterocycles. The highest BCUT2D eigenvalue weighted by Gasteiger charge is 2.30. The van der Waals surface area contributed by atoms with Crippen LogP contribution in [0.4, 0.5) is 5.82 Å². The van der Waals surface area contributed by atoms with E-state index in [0.29, 0.717) is 12.1 Å². The average molecular weight is 317 g/mol. The van der Waals surface area contributed by atoms with Gasteiger partial charge in [0.25, 0.3) is 0 Å². The van der Waals surface area contributed by atoms with Gasteiger partial charge in [0.2, 0.25) is 5.91 Å². The van der Waals surface area contributed by atoms with Gasteiger partial charge in [0.05, 0.1) is 0 Å². The van der Waals surface area contributed by atoms with Crippen LogP contribution < -0.4 is 4.90 Å². The summed E-state index contributed by atoms with van der Waals surface area (Å²) in [6.07, 6.45) is 8.00. The quantitative estimate of drug-likeness (QED) is 0.840. The maximum absolute atomic E-state index is 11.7. The van der Waals surface area contributed by atoms with Crippen LogP contribution >= 0.6 is 0 Å². The summed E-state index contributed by atoms with van der Waals surface area (Å²) in [5.74, 6) is 1.22. The SMILES string of the molecule is CC(=O)N1CCCC1CN1CCC(N(C)c2ccncn2)CC1. The summed E-state index contributed by atoms with van der Waals surface area (Å²) in [5.41, 5.74) is 0. The number of likely N-dealkylation sites (tertiary alicyclic amines) is 2. The molecule has 0 aromatic carbocycles. The smallest absolute Gasteiger partial charge is 0.219 e. The number of carbonyl (C=O) groups is 1. The predicted octanol–water partition coefficient (Wildman–Crippen LogP) is 1.39. The van der Waals surface area contributed by atoms with Crippen LogP contribution in [0.15, 0.2) is 18.6 Å². The van der Waals surface area contributed by atoms with Crippen LogP contribution in [0.5, 0.6) is 0 Å². The predicted molar refractivity (Wildman–Crippen MR) is 90.3 cm³/mol. The highest BCUT2D eigenvalue weighted by Crippen LogP contribution is 2.23. The number of hydrogen-bond acceptors (Lipinski definition) is 5. The average Bonchev–Trinajstić information content (AvgIpc) is 3.04. The lowest BCUT2D eigenvalue weighted by atomic mass is 10.0. The van der Waals surface area contributed by atoms with E-state index in [0.717, 1.165) is 57.7 Å². The van der Waals surface area contributed by atoms with E-state index in [2.05, 4.69) is 31.7 Å². The molecule has 1 aromatic rings. The summed E-state index contributed by atoms with van der Waals surface area (Å²) in [5, 5.41) is 0. The second kappa shape index (κ2) is 7.25. The van der Waals surface area contributed by atoms with Gasteiger partial charge in [-0.15, -0.1) is 0 Å². The Morgan fingerprint density at radius 2 is 2.09 bits per heavy atom. The number of carbonyl (C=O) groups excluding carboxylic acids is 1. The first kappa shape index (κ1) is 16.2. The molecule has 6 nitrogen and oxygen atoms in total. The van der Waals surface area contributed by atoms with Gasteiger partial charge in [-0.3, -0.25) is 4.79 Å². The normalized spacial score (nSPS) is 23.2. The van der Waals surface area contributed by atoms with Gasteiger partial charge in [-0.25, -0.2) is 9.97 Å². The Kier molecular flexibility index (Phi) is 5.10. The van der Waals surface area contributed by atoms with Crippen molar-refractivity contribution in [1.29, 1.82) is 0 Å². The largest absolute Gasteiger partial charge is 0.356 e. The monoisotopic (exact) mass is 317 g/mol. The van der Waals surface area contributed by atoms with Crippen molar-refractivity contribution in [2.45, 2.75) is 44.7 Å². The zero-order valence-corrected chi connectivity index (χ0v) is 14.2. The lowest BCUT2D eigenvalue weighted by Gasteiger charge is -2.39. The molecule has 6 heteroatoms. The Morgan fingerprint density at radius 1 is 1.30 bits per heavy atom. The molecule has 2 fully saturated rings. The van der Waals surface area contributed by atoms with Crippen molar-refractivity contribution in [2.24, 2.45) is 0 Å². The number of aromatic nitrogens is 2. The molecule has 0 N–H and O–H groups in total. The topological polar surface area (TPSA) is 52.6 Å². The number of piperidine rings is 1. The third-order valence-corrected chi connectivity index (χ3v) is 5.28. The van der Waals surface area contributed by atoms with Crippen molar-refractivity contribution in [1.82, 2.24) is 19.8 Å². The molecule has 126 valence electrons. The summed E-state index contributed by atoms with van der Waals surface area (Å²) in [6, 6.07) is 2.92. The van der Waals surface area contributed by atoms with Gasteiger partial charge in [0, 0.05) is 58.4 Å². The maximum atomic E-state index is 11.7. The number of rotatable bonds is 4. The summed E-state index contributed by atoms with van der Waals surface area (Å²) < 4.78 is 0. The van der Waals surface area contributed by atoms with E-state index >= 15 is 0 Å². The minimum Gasteiger partial charge on any atom is -0.356 e. The zero-order chi connectivity index (χ0) is 16.2. The van der Waals surface area contributed by atoms with Crippen molar-refractivity contribution in [3.8, 4) is 0 Å². The van der Waals surface area contributed by atoms with Crippen LogP contribution in [0.25, 0.3) is 0 Å². The van der Waals surface area contributed by atoms with Gasteiger partial charge < -0.3 is 14.7 Å². The summed E-state index contributed by atoms with van der Waals surface area (Å²) in [6.45, 7) is 5.86. The summed E-state index contributed by atoms with van der Waals surface area (Å²) in [7, 11) is 2.12. The minimum absolute atomic E-state index is 0.228. The molecular weight excluding hydrogens is 290 g/mol. The Labute approximate surface area is 138 Å². The first-order valence-corrected chi connectivity index (χ1v) is 8.63.